The Labute approximate surface area is 339 Å². The van der Waals surface area contributed by atoms with Crippen LogP contribution in [0.25, 0.3) is 0 Å². The quantitative estimate of drug-likeness (QED) is 0.135. The van der Waals surface area contributed by atoms with E-state index in [2.05, 4.69) is 36.0 Å². The zero-order valence-corrected chi connectivity index (χ0v) is 33.6. The number of benzene rings is 3. The van der Waals surface area contributed by atoms with E-state index in [-0.39, 0.29) is 42.4 Å². The van der Waals surface area contributed by atoms with Crippen LogP contribution in [-0.2, 0) is 24.4 Å². The molecule has 308 valence electrons. The number of anilines is 7. The summed E-state index contributed by atoms with van der Waals surface area (Å²) in [6.07, 6.45) is 1.68. The highest BCUT2D eigenvalue weighted by atomic mass is 32.2. The highest BCUT2D eigenvalue weighted by Crippen LogP contribution is 2.31. The number of amides is 5. The number of sulfonamides is 1. The summed E-state index contributed by atoms with van der Waals surface area (Å²) < 4.78 is 42.4. The van der Waals surface area contributed by atoms with E-state index >= 15 is 4.39 Å². The van der Waals surface area contributed by atoms with Gasteiger partial charge in [0.15, 0.2) is 0 Å². The molecule has 5 N–H and O–H groups in total. The number of nitrogens with zero attached hydrogens (tertiary/aromatic N) is 5. The van der Waals surface area contributed by atoms with Gasteiger partial charge in [-0.15, -0.1) is 0 Å². The molecule has 1 aromatic heterocycles. The number of nitrogens with one attached hydrogen (secondary N) is 5. The first kappa shape index (κ1) is 40.6. The molecule has 0 aliphatic carbocycles. The summed E-state index contributed by atoms with van der Waals surface area (Å²) >= 11 is 0. The van der Waals surface area contributed by atoms with E-state index in [1.54, 1.807) is 74.3 Å². The third kappa shape index (κ3) is 8.64. The van der Waals surface area contributed by atoms with E-state index in [4.69, 9.17) is 0 Å². The van der Waals surface area contributed by atoms with Crippen LogP contribution in [0.5, 0.6) is 0 Å². The minimum atomic E-state index is -3.63. The van der Waals surface area contributed by atoms with E-state index in [1.807, 2.05) is 11.8 Å². The summed E-state index contributed by atoms with van der Waals surface area (Å²) in [6.45, 7) is 8.03. The van der Waals surface area contributed by atoms with Crippen molar-refractivity contribution in [2.75, 3.05) is 58.3 Å². The van der Waals surface area contributed by atoms with Crippen molar-refractivity contribution in [1.82, 2.24) is 25.1 Å². The summed E-state index contributed by atoms with van der Waals surface area (Å²) in [5, 5.41) is 11.4. The fourth-order valence-corrected chi connectivity index (χ4v) is 7.52. The Balaban J connectivity index is 0.914. The van der Waals surface area contributed by atoms with Gasteiger partial charge < -0.3 is 25.8 Å². The van der Waals surface area contributed by atoms with Gasteiger partial charge in [0, 0.05) is 61.4 Å². The number of imide groups is 2. The molecule has 59 heavy (non-hydrogen) atoms. The lowest BCUT2D eigenvalue weighted by atomic mass is 10.0. The van der Waals surface area contributed by atoms with E-state index in [1.165, 1.54) is 18.2 Å². The maximum absolute atomic E-state index is 15.5. The topological polar surface area (TPSA) is 215 Å². The minimum absolute atomic E-state index is 0.0193. The fraction of sp³-hybridized carbons (Fsp3) is 0.325. The smallest absolute Gasteiger partial charge is 0.262 e. The zero-order valence-electron chi connectivity index (χ0n) is 32.8. The summed E-state index contributed by atoms with van der Waals surface area (Å²) in [7, 11) is -3.63. The fourth-order valence-electron chi connectivity index (χ4n) is 6.77. The van der Waals surface area contributed by atoms with Crippen LogP contribution in [0.15, 0.2) is 66.9 Å². The van der Waals surface area contributed by atoms with Gasteiger partial charge in [-0.2, -0.15) is 4.98 Å². The van der Waals surface area contributed by atoms with Crippen molar-refractivity contribution in [1.29, 1.82) is 0 Å². The van der Waals surface area contributed by atoms with Gasteiger partial charge in [0.25, 0.3) is 11.8 Å². The third-order valence-electron chi connectivity index (χ3n) is 10.2. The Hall–Kier alpha value is -6.63. The molecule has 3 aromatic carbocycles. The van der Waals surface area contributed by atoms with Crippen molar-refractivity contribution in [3.05, 3.63) is 89.4 Å². The molecule has 0 spiro atoms. The molecule has 5 amide bonds. The first-order valence-corrected chi connectivity index (χ1v) is 20.4. The predicted octanol–water partition coefficient (Wildman–Crippen LogP) is 4.11. The highest BCUT2D eigenvalue weighted by Gasteiger charge is 2.44. The first-order valence-electron chi connectivity index (χ1n) is 18.9. The zero-order chi connectivity index (χ0) is 42.2. The Morgan fingerprint density at radius 3 is 2.29 bits per heavy atom. The minimum Gasteiger partial charge on any atom is -0.376 e. The van der Waals surface area contributed by atoms with Gasteiger partial charge in [0.1, 0.15) is 17.7 Å². The number of aromatic nitrogens is 2. The van der Waals surface area contributed by atoms with Crippen LogP contribution in [0.2, 0.25) is 0 Å². The molecule has 19 heteroatoms. The largest absolute Gasteiger partial charge is 0.376 e. The Bertz CT molecular complexity index is 2480. The average molecular weight is 827 g/mol. The highest BCUT2D eigenvalue weighted by molar-refractivity contribution is 7.94. The van der Waals surface area contributed by atoms with Gasteiger partial charge in [-0.05, 0) is 88.7 Å². The number of fused-ring (bicyclic) bond motifs is 1. The molecule has 1 unspecified atom stereocenters. The van der Waals surface area contributed by atoms with Crippen LogP contribution in [0.3, 0.4) is 0 Å². The summed E-state index contributed by atoms with van der Waals surface area (Å²) in [4.78, 5) is 76.5. The monoisotopic (exact) mass is 826 g/mol. The van der Waals surface area contributed by atoms with Gasteiger partial charge in [0.2, 0.25) is 33.7 Å². The number of hydrogen-bond acceptors (Lipinski definition) is 13. The van der Waals surface area contributed by atoms with Crippen LogP contribution in [0.1, 0.15) is 59.9 Å². The lowest BCUT2D eigenvalue weighted by molar-refractivity contribution is -0.136. The van der Waals surface area contributed by atoms with Gasteiger partial charge in [0.05, 0.1) is 33.8 Å². The molecule has 17 nitrogen and oxygen atoms in total. The van der Waals surface area contributed by atoms with Crippen molar-refractivity contribution < 1.29 is 36.8 Å². The van der Waals surface area contributed by atoms with E-state index in [0.717, 1.165) is 10.5 Å². The lowest BCUT2D eigenvalue weighted by Gasteiger charge is -2.36. The molecule has 2 fully saturated rings. The Morgan fingerprint density at radius 1 is 0.881 bits per heavy atom. The van der Waals surface area contributed by atoms with Gasteiger partial charge >= 0.3 is 0 Å². The van der Waals surface area contributed by atoms with Crippen LogP contribution < -0.4 is 30.9 Å². The van der Waals surface area contributed by atoms with Crippen molar-refractivity contribution >= 4 is 79.8 Å². The molecule has 0 saturated carbocycles. The molecule has 4 heterocycles. The number of carbonyl (C=O) groups excluding carboxylic acids is 5. The van der Waals surface area contributed by atoms with E-state index < -0.39 is 50.3 Å². The molecule has 7 rings (SSSR count). The lowest BCUT2D eigenvalue weighted by Crippen LogP contribution is -2.54. The number of aryl methyl sites for hydroxylation is 1. The molecule has 2 saturated heterocycles. The maximum Gasteiger partial charge on any atom is 0.262 e. The first-order chi connectivity index (χ1) is 28.0. The Kier molecular flexibility index (Phi) is 11.0. The SMILES string of the molecule is Cc1cnc(Nc2ccc(N3CCN(C(=O)CNc4ccc5c(c4)C(=O)N(C4CCC(=O)NC4=O)C5=O)CC3)c(F)c2)nc1Nc1cccc(NS(=O)(=O)C(C)(C)C)c1. The summed E-state index contributed by atoms with van der Waals surface area (Å²) in [5.41, 5.74) is 3.19. The molecule has 3 aliphatic heterocycles. The number of piperazine rings is 1. The third-order valence-corrected chi connectivity index (χ3v) is 12.3. The van der Waals surface area contributed by atoms with Crippen LogP contribution in [0, 0.1) is 12.7 Å². The van der Waals surface area contributed by atoms with E-state index in [9.17, 15) is 32.4 Å². The van der Waals surface area contributed by atoms with Crippen LogP contribution in [0.4, 0.5) is 44.6 Å². The molecular weight excluding hydrogens is 784 g/mol. The van der Waals surface area contributed by atoms with Crippen LogP contribution in [-0.4, -0.2) is 101 Å². The maximum atomic E-state index is 15.5. The van der Waals surface area contributed by atoms with E-state index in [0.29, 0.717) is 60.4 Å². The number of carbonyl (C=O) groups is 5. The second-order valence-corrected chi connectivity index (χ2v) is 17.8. The normalized spacial score (nSPS) is 17.1. The predicted molar refractivity (Wildman–Crippen MR) is 219 cm³/mol. The number of halogens is 1. The molecule has 1 atom stereocenters. The second-order valence-electron chi connectivity index (χ2n) is 15.4. The van der Waals surface area contributed by atoms with Gasteiger partial charge in [-0.3, -0.25) is 38.9 Å². The van der Waals surface area contributed by atoms with Crippen molar-refractivity contribution in [3.8, 4) is 0 Å². The second kappa shape index (κ2) is 16.0. The van der Waals surface area contributed by atoms with Crippen LogP contribution >= 0.6 is 0 Å². The van der Waals surface area contributed by atoms with Crippen molar-refractivity contribution in [3.63, 3.8) is 0 Å². The average Bonchev–Trinajstić information content (AvgIpc) is 3.42. The Morgan fingerprint density at radius 2 is 1.58 bits per heavy atom. The number of piperidine rings is 1. The number of hydrogen-bond donors (Lipinski definition) is 5. The molecule has 0 radical (unpaired) electrons. The van der Waals surface area contributed by atoms with Gasteiger partial charge in [-0.25, -0.2) is 17.8 Å². The molecule has 0 bridgehead atoms. The molecular formula is C40H43FN10O7S. The van der Waals surface area contributed by atoms with Gasteiger partial charge in [-0.1, -0.05) is 6.07 Å². The van der Waals surface area contributed by atoms with Crippen molar-refractivity contribution in [2.24, 2.45) is 0 Å². The summed E-state index contributed by atoms with van der Waals surface area (Å²) in [6, 6.07) is 14.9. The number of rotatable bonds is 11. The van der Waals surface area contributed by atoms with Crippen molar-refractivity contribution in [2.45, 2.75) is 51.3 Å². The standard InChI is InChI=1S/C40H43FN10O7S/c1-23-21-43-39(47-35(23)44-25-6-5-7-27(18-25)48-59(57,58)40(2,3)4)45-26-9-11-31(30(41)20-26)49-14-16-50(17-15-49)34(53)22-42-24-8-10-28-29(19-24)38(56)51(37(28)55)32-12-13-33(52)46-36(32)54/h5-11,18-21,32,42,48H,12-17,22H2,1-4H3,(H,46,52,54)(H2,43,44,45,47). The summed E-state index contributed by atoms with van der Waals surface area (Å²) in [5.74, 6) is -2.40. The molecule has 4 aromatic rings. The molecule has 3 aliphatic rings.